The van der Waals surface area contributed by atoms with Gasteiger partial charge in [0.15, 0.2) is 0 Å². The fourth-order valence-corrected chi connectivity index (χ4v) is 9.16. The van der Waals surface area contributed by atoms with Crippen molar-refractivity contribution in [3.8, 4) is 5.69 Å². The van der Waals surface area contributed by atoms with E-state index in [1.807, 2.05) is 0 Å². The number of rotatable bonds is 2. The molecule has 0 bridgehead atoms. The molecule has 12 aromatic rings. The summed E-state index contributed by atoms with van der Waals surface area (Å²) in [7, 11) is 0. The van der Waals surface area contributed by atoms with E-state index in [2.05, 4.69) is 218 Å². The minimum absolute atomic E-state index is 0.419. The van der Waals surface area contributed by atoms with Gasteiger partial charge in [0.1, 0.15) is 0 Å². The van der Waals surface area contributed by atoms with E-state index in [0.29, 0.717) is 11.9 Å². The molecule has 272 valence electrons. The van der Waals surface area contributed by atoms with Gasteiger partial charge in [-0.25, -0.2) is 9.67 Å². The lowest BCUT2D eigenvalue weighted by Crippen LogP contribution is -2.17. The van der Waals surface area contributed by atoms with E-state index < -0.39 is 0 Å². The van der Waals surface area contributed by atoms with E-state index in [-0.39, 0.29) is 0 Å². The largest absolute Gasteiger partial charge is 0.307 e. The van der Waals surface area contributed by atoms with Crippen molar-refractivity contribution < 1.29 is 0 Å². The lowest BCUT2D eigenvalue weighted by molar-refractivity contribution is 0.940. The van der Waals surface area contributed by atoms with Crippen molar-refractivity contribution >= 4 is 106 Å². The molecule has 0 atom stereocenters. The van der Waals surface area contributed by atoms with E-state index in [1.54, 1.807) is 0 Å². The summed E-state index contributed by atoms with van der Waals surface area (Å²) in [4.78, 5) is 10.2. The summed E-state index contributed by atoms with van der Waals surface area (Å²) in [6.45, 7) is 4.12. The van der Waals surface area contributed by atoms with Crippen LogP contribution in [0.3, 0.4) is 0 Å². The minimum atomic E-state index is 0.419. The fourth-order valence-electron chi connectivity index (χ4n) is 9.16. The Labute approximate surface area is 331 Å². The van der Waals surface area contributed by atoms with Crippen LogP contribution in [0.25, 0.3) is 92.9 Å². The smallest absolute Gasteiger partial charge is 0.256 e. The zero-order valence-electron chi connectivity index (χ0n) is 31.2. The second kappa shape index (κ2) is 12.5. The molecule has 8 aromatic carbocycles. The third-order valence-electron chi connectivity index (χ3n) is 11.5. The Balaban J connectivity index is 1.27. The molecule has 0 unspecified atom stereocenters. The summed E-state index contributed by atoms with van der Waals surface area (Å²) in [5.74, 6) is 0.867. The molecule has 0 radical (unpaired) electrons. The molecule has 58 heavy (non-hydrogen) atoms. The normalized spacial score (nSPS) is 12.8. The van der Waals surface area contributed by atoms with Gasteiger partial charge >= 0.3 is 0 Å². The first-order valence-electron chi connectivity index (χ1n) is 19.4. The second-order valence-electron chi connectivity index (χ2n) is 14.6. The lowest BCUT2D eigenvalue weighted by atomic mass is 10.1. The molecule has 0 amide bonds. The molecule has 0 saturated carbocycles. The van der Waals surface area contributed by atoms with Crippen molar-refractivity contribution in [3.05, 3.63) is 188 Å². The number of para-hydroxylation sites is 7. The SMILES string of the molecule is C=NC(=N/C(=N\n1c2ccccc2c2ccc3c4ccccc4n(-c4ccccc4)c3c21)n1c2ccccc2c2ccccc21)n1c2ccccc2c2ccccc21. The van der Waals surface area contributed by atoms with Crippen molar-refractivity contribution in [2.45, 2.75) is 0 Å². The summed E-state index contributed by atoms with van der Waals surface area (Å²) in [5, 5.41) is 14.7. The van der Waals surface area contributed by atoms with Gasteiger partial charge in [-0.05, 0) is 55.2 Å². The molecule has 0 N–H and O–H groups in total. The predicted octanol–water partition coefficient (Wildman–Crippen LogP) is 12.4. The Hall–Kier alpha value is -8.03. The van der Waals surface area contributed by atoms with Gasteiger partial charge in [-0.2, -0.15) is 4.99 Å². The molecule has 4 aromatic heterocycles. The number of benzene rings is 8. The molecular formula is C51H33N7. The van der Waals surface area contributed by atoms with Crippen molar-refractivity contribution in [3.63, 3.8) is 0 Å². The molecular weight excluding hydrogens is 711 g/mol. The van der Waals surface area contributed by atoms with Crippen LogP contribution < -0.4 is 0 Å². The summed E-state index contributed by atoms with van der Waals surface area (Å²) in [6.07, 6.45) is 0. The monoisotopic (exact) mass is 743 g/mol. The van der Waals surface area contributed by atoms with E-state index in [4.69, 9.17) is 10.1 Å². The number of nitrogens with zero attached hydrogens (tertiary/aromatic N) is 7. The maximum Gasteiger partial charge on any atom is 0.256 e. The van der Waals surface area contributed by atoms with E-state index in [9.17, 15) is 0 Å². The first-order valence-corrected chi connectivity index (χ1v) is 19.4. The Morgan fingerprint density at radius 3 is 1.22 bits per heavy atom. The highest BCUT2D eigenvalue weighted by atomic mass is 15.4. The van der Waals surface area contributed by atoms with Gasteiger partial charge in [-0.15, -0.1) is 5.10 Å². The fraction of sp³-hybridized carbons (Fsp3) is 0. The number of aromatic nitrogens is 4. The van der Waals surface area contributed by atoms with Crippen molar-refractivity contribution in [2.24, 2.45) is 15.1 Å². The Morgan fingerprint density at radius 1 is 0.345 bits per heavy atom. The molecule has 7 nitrogen and oxygen atoms in total. The topological polar surface area (TPSA) is 56.8 Å². The molecule has 0 aliphatic heterocycles. The van der Waals surface area contributed by atoms with Crippen molar-refractivity contribution in [1.29, 1.82) is 0 Å². The number of hydrogen-bond donors (Lipinski definition) is 0. The number of hydrogen-bond acceptors (Lipinski definition) is 1. The van der Waals surface area contributed by atoms with Gasteiger partial charge in [0.25, 0.3) is 5.96 Å². The van der Waals surface area contributed by atoms with Gasteiger partial charge < -0.3 is 4.57 Å². The average Bonchev–Trinajstić information content (AvgIpc) is 4.01. The molecule has 0 aliphatic carbocycles. The van der Waals surface area contributed by atoms with Gasteiger partial charge in [0.2, 0.25) is 5.96 Å². The predicted molar refractivity (Wildman–Crippen MR) is 243 cm³/mol. The van der Waals surface area contributed by atoms with Crippen LogP contribution in [-0.4, -0.2) is 37.0 Å². The maximum absolute atomic E-state index is 5.72. The molecule has 4 heterocycles. The van der Waals surface area contributed by atoms with Crippen LogP contribution in [0.1, 0.15) is 0 Å². The average molecular weight is 744 g/mol. The summed E-state index contributed by atoms with van der Waals surface area (Å²) < 4.78 is 8.73. The first kappa shape index (κ1) is 32.2. The number of fused-ring (bicyclic) bond motifs is 13. The standard InChI is InChI=1S/C51H33N7/c1-52-50(56-43-26-12-5-19-34(43)35-20-6-13-27-44(35)56)53-51(57-45-28-14-7-21-36(45)37-22-8-15-29-46(37)57)54-58-47-30-16-10-24-39(47)41-32-31-40-38-23-9-11-25-42(38)55(48(40)49(41)58)33-17-3-2-4-18-33/h2-32H,1H2/b53-50?,54-51+. The highest BCUT2D eigenvalue weighted by Gasteiger charge is 2.23. The van der Waals surface area contributed by atoms with Crippen LogP contribution in [0.2, 0.25) is 0 Å². The zero-order chi connectivity index (χ0) is 38.3. The zero-order valence-corrected chi connectivity index (χ0v) is 31.2. The molecule has 0 aliphatic rings. The second-order valence-corrected chi connectivity index (χ2v) is 14.6. The maximum atomic E-state index is 5.72. The van der Waals surface area contributed by atoms with Gasteiger partial charge in [0, 0.05) is 48.8 Å². The molecule has 0 spiro atoms. The van der Waals surface area contributed by atoms with E-state index in [0.717, 1.165) is 87.5 Å². The third kappa shape index (κ3) is 4.52. The molecule has 0 saturated heterocycles. The van der Waals surface area contributed by atoms with Crippen LogP contribution in [0.4, 0.5) is 0 Å². The Bertz CT molecular complexity index is 3600. The quantitative estimate of drug-likeness (QED) is 0.125. The third-order valence-corrected chi connectivity index (χ3v) is 11.5. The Kier molecular flexibility index (Phi) is 6.94. The van der Waals surface area contributed by atoms with E-state index >= 15 is 0 Å². The molecule has 7 heteroatoms. The van der Waals surface area contributed by atoms with Crippen LogP contribution in [-0.2, 0) is 0 Å². The van der Waals surface area contributed by atoms with Crippen LogP contribution in [0.5, 0.6) is 0 Å². The van der Waals surface area contributed by atoms with Crippen LogP contribution >= 0.6 is 0 Å². The minimum Gasteiger partial charge on any atom is -0.307 e. The van der Waals surface area contributed by atoms with Crippen LogP contribution in [0, 0.1) is 0 Å². The summed E-state index contributed by atoms with van der Waals surface area (Å²) in [5.41, 5.74) is 9.17. The van der Waals surface area contributed by atoms with Crippen molar-refractivity contribution in [2.75, 3.05) is 0 Å². The van der Waals surface area contributed by atoms with Gasteiger partial charge in [-0.3, -0.25) is 9.13 Å². The molecule has 12 rings (SSSR count). The van der Waals surface area contributed by atoms with E-state index in [1.165, 1.54) is 5.39 Å². The summed E-state index contributed by atoms with van der Waals surface area (Å²) >= 11 is 0. The van der Waals surface area contributed by atoms with Gasteiger partial charge in [0.05, 0.1) is 44.1 Å². The van der Waals surface area contributed by atoms with Crippen LogP contribution in [0.15, 0.2) is 203 Å². The van der Waals surface area contributed by atoms with Crippen molar-refractivity contribution in [1.82, 2.24) is 18.4 Å². The number of aliphatic imine (C=N–C) groups is 2. The first-order chi connectivity index (χ1) is 28.8. The highest BCUT2D eigenvalue weighted by molar-refractivity contribution is 6.24. The molecule has 0 fully saturated rings. The van der Waals surface area contributed by atoms with Gasteiger partial charge in [-0.1, -0.05) is 140 Å². The highest BCUT2D eigenvalue weighted by Crippen LogP contribution is 2.41. The lowest BCUT2D eigenvalue weighted by Gasteiger charge is -2.13. The summed E-state index contributed by atoms with van der Waals surface area (Å²) in [6, 6.07) is 65.9. The Morgan fingerprint density at radius 2 is 0.724 bits per heavy atom.